The van der Waals surface area contributed by atoms with Crippen LogP contribution in [0.4, 0.5) is 0 Å². The van der Waals surface area contributed by atoms with E-state index in [0.29, 0.717) is 19.6 Å². The lowest BCUT2D eigenvalue weighted by molar-refractivity contribution is -0.145. The van der Waals surface area contributed by atoms with Crippen LogP contribution in [0.3, 0.4) is 0 Å². The average Bonchev–Trinajstić information content (AvgIpc) is 2.62. The third kappa shape index (κ3) is 4.17. The van der Waals surface area contributed by atoms with E-state index >= 15 is 0 Å². The van der Waals surface area contributed by atoms with Crippen molar-refractivity contribution < 1.29 is 14.6 Å². The van der Waals surface area contributed by atoms with E-state index in [-0.39, 0.29) is 30.8 Å². The maximum Gasteiger partial charge on any atom is 0.236 e. The first kappa shape index (κ1) is 15.7. The predicted octanol–water partition coefficient (Wildman–Crippen LogP) is 0.859. The van der Waals surface area contributed by atoms with Crippen molar-refractivity contribution in [2.24, 2.45) is 0 Å². The monoisotopic (exact) mass is 284 g/mol. The highest BCUT2D eigenvalue weighted by Crippen LogP contribution is 2.17. The van der Waals surface area contributed by atoms with Gasteiger partial charge in [0.05, 0.1) is 25.4 Å². The fourth-order valence-corrected chi connectivity index (χ4v) is 3.31. The van der Waals surface area contributed by atoms with Crippen LogP contribution in [0.25, 0.3) is 0 Å². The van der Waals surface area contributed by atoms with Crippen LogP contribution in [0.5, 0.6) is 0 Å². The molecule has 0 aromatic carbocycles. The van der Waals surface area contributed by atoms with Crippen molar-refractivity contribution in [3.05, 3.63) is 0 Å². The van der Waals surface area contributed by atoms with Crippen molar-refractivity contribution in [3.63, 3.8) is 0 Å². The second-order valence-corrected chi connectivity index (χ2v) is 6.21. The second kappa shape index (κ2) is 7.38. The predicted molar refractivity (Wildman–Crippen MR) is 77.5 cm³/mol. The van der Waals surface area contributed by atoms with Gasteiger partial charge in [-0.3, -0.25) is 9.69 Å². The lowest BCUT2D eigenvalue weighted by Crippen LogP contribution is -2.52. The summed E-state index contributed by atoms with van der Waals surface area (Å²) >= 11 is 0. The van der Waals surface area contributed by atoms with E-state index in [2.05, 4.69) is 4.90 Å². The highest BCUT2D eigenvalue weighted by Gasteiger charge is 2.29. The van der Waals surface area contributed by atoms with Gasteiger partial charge in [-0.2, -0.15) is 0 Å². The quantitative estimate of drug-likeness (QED) is 0.835. The second-order valence-electron chi connectivity index (χ2n) is 6.21. The van der Waals surface area contributed by atoms with Gasteiger partial charge in [-0.05, 0) is 33.2 Å². The number of nitrogens with zero attached hydrogens (tertiary/aromatic N) is 2. The Labute approximate surface area is 121 Å². The van der Waals surface area contributed by atoms with Gasteiger partial charge >= 0.3 is 0 Å². The van der Waals surface area contributed by atoms with E-state index < -0.39 is 0 Å². The number of hydrogen-bond acceptors (Lipinski definition) is 4. The highest BCUT2D eigenvalue weighted by molar-refractivity contribution is 5.78. The van der Waals surface area contributed by atoms with E-state index in [4.69, 9.17) is 4.74 Å². The number of hydrogen-bond donors (Lipinski definition) is 1. The Morgan fingerprint density at radius 1 is 1.20 bits per heavy atom. The Morgan fingerprint density at radius 3 is 2.55 bits per heavy atom. The van der Waals surface area contributed by atoms with Crippen molar-refractivity contribution in [1.82, 2.24) is 9.80 Å². The smallest absolute Gasteiger partial charge is 0.236 e. The molecule has 2 aliphatic rings. The number of amides is 1. The van der Waals surface area contributed by atoms with Crippen LogP contribution in [0.2, 0.25) is 0 Å². The van der Waals surface area contributed by atoms with Crippen molar-refractivity contribution in [3.8, 4) is 0 Å². The first-order valence-electron chi connectivity index (χ1n) is 7.88. The third-order valence-electron chi connectivity index (χ3n) is 4.32. The van der Waals surface area contributed by atoms with Gasteiger partial charge in [-0.15, -0.1) is 0 Å². The normalized spacial score (nSPS) is 33.0. The van der Waals surface area contributed by atoms with Gasteiger partial charge in [0.2, 0.25) is 5.91 Å². The van der Waals surface area contributed by atoms with Crippen LogP contribution in [0, 0.1) is 0 Å². The average molecular weight is 284 g/mol. The SMILES string of the molecule is CC1CN(C(=O)CN2CCCCCC2CO)CC(C)O1. The fraction of sp³-hybridized carbons (Fsp3) is 0.933. The summed E-state index contributed by atoms with van der Waals surface area (Å²) in [4.78, 5) is 16.6. The van der Waals surface area contributed by atoms with Crippen LogP contribution in [0.15, 0.2) is 0 Å². The Morgan fingerprint density at radius 2 is 1.90 bits per heavy atom. The number of morpholine rings is 1. The number of carbonyl (C=O) groups excluding carboxylic acids is 1. The van der Waals surface area contributed by atoms with Crippen LogP contribution >= 0.6 is 0 Å². The number of likely N-dealkylation sites (tertiary alicyclic amines) is 1. The summed E-state index contributed by atoms with van der Waals surface area (Å²) in [5, 5.41) is 9.51. The molecule has 5 heteroatoms. The van der Waals surface area contributed by atoms with Gasteiger partial charge in [0, 0.05) is 19.1 Å². The molecule has 2 fully saturated rings. The zero-order chi connectivity index (χ0) is 14.5. The Hall–Kier alpha value is -0.650. The van der Waals surface area contributed by atoms with E-state index in [1.807, 2.05) is 18.7 Å². The van der Waals surface area contributed by atoms with Crippen molar-refractivity contribution in [2.45, 2.75) is 57.8 Å². The summed E-state index contributed by atoms with van der Waals surface area (Å²) in [5.74, 6) is 0.173. The Balaban J connectivity index is 1.91. The molecule has 0 saturated carbocycles. The molecular formula is C15H28N2O3. The minimum Gasteiger partial charge on any atom is -0.395 e. The molecule has 1 amide bonds. The van der Waals surface area contributed by atoms with Crippen molar-refractivity contribution >= 4 is 5.91 Å². The lowest BCUT2D eigenvalue weighted by atomic mass is 10.1. The van der Waals surface area contributed by atoms with Crippen LogP contribution in [0.1, 0.15) is 39.5 Å². The molecule has 2 heterocycles. The largest absolute Gasteiger partial charge is 0.395 e. The molecule has 0 bridgehead atoms. The number of rotatable bonds is 3. The van der Waals surface area contributed by atoms with Gasteiger partial charge in [0.15, 0.2) is 0 Å². The summed E-state index contributed by atoms with van der Waals surface area (Å²) in [7, 11) is 0. The van der Waals surface area contributed by atoms with Crippen LogP contribution in [-0.2, 0) is 9.53 Å². The molecular weight excluding hydrogens is 256 g/mol. The van der Waals surface area contributed by atoms with E-state index in [1.54, 1.807) is 0 Å². The number of aliphatic hydroxyl groups is 1. The van der Waals surface area contributed by atoms with Crippen molar-refractivity contribution in [1.29, 1.82) is 0 Å². The van der Waals surface area contributed by atoms with Crippen LogP contribution < -0.4 is 0 Å². The molecule has 5 nitrogen and oxygen atoms in total. The molecule has 1 N–H and O–H groups in total. The number of aliphatic hydroxyl groups excluding tert-OH is 1. The number of carbonyl (C=O) groups is 1. The summed E-state index contributed by atoms with van der Waals surface area (Å²) in [5.41, 5.74) is 0. The zero-order valence-electron chi connectivity index (χ0n) is 12.8. The first-order valence-corrected chi connectivity index (χ1v) is 7.88. The Bertz CT molecular complexity index is 314. The molecule has 0 aromatic rings. The summed E-state index contributed by atoms with van der Waals surface area (Å²) in [6.07, 6.45) is 4.70. The van der Waals surface area contributed by atoms with Crippen molar-refractivity contribution in [2.75, 3.05) is 32.8 Å². The third-order valence-corrected chi connectivity index (χ3v) is 4.32. The van der Waals surface area contributed by atoms with E-state index in [0.717, 1.165) is 25.8 Å². The molecule has 0 spiro atoms. The van der Waals surface area contributed by atoms with Gasteiger partial charge in [0.25, 0.3) is 0 Å². The summed E-state index contributed by atoms with van der Waals surface area (Å²) in [6, 6.07) is 0.150. The number of ether oxygens (including phenoxy) is 1. The van der Waals surface area contributed by atoms with Crippen LogP contribution in [-0.4, -0.2) is 71.8 Å². The van der Waals surface area contributed by atoms with Gasteiger partial charge in [-0.25, -0.2) is 0 Å². The molecule has 0 aromatic heterocycles. The highest BCUT2D eigenvalue weighted by atomic mass is 16.5. The van der Waals surface area contributed by atoms with Gasteiger partial charge < -0.3 is 14.7 Å². The summed E-state index contributed by atoms with van der Waals surface area (Å²) in [6.45, 7) is 6.90. The molecule has 3 unspecified atom stereocenters. The molecule has 20 heavy (non-hydrogen) atoms. The first-order chi connectivity index (χ1) is 9.60. The zero-order valence-corrected chi connectivity index (χ0v) is 12.8. The molecule has 0 radical (unpaired) electrons. The van der Waals surface area contributed by atoms with E-state index in [9.17, 15) is 9.90 Å². The molecule has 2 rings (SSSR count). The minimum atomic E-state index is 0.112. The minimum absolute atomic E-state index is 0.112. The molecule has 3 atom stereocenters. The maximum absolute atomic E-state index is 12.5. The topological polar surface area (TPSA) is 53.0 Å². The Kier molecular flexibility index (Phi) is 5.81. The maximum atomic E-state index is 12.5. The molecule has 0 aliphatic carbocycles. The van der Waals surface area contributed by atoms with Gasteiger partial charge in [-0.1, -0.05) is 12.8 Å². The molecule has 116 valence electrons. The lowest BCUT2D eigenvalue weighted by Gasteiger charge is -2.37. The molecule has 2 saturated heterocycles. The van der Waals surface area contributed by atoms with Gasteiger partial charge in [0.1, 0.15) is 0 Å². The fourth-order valence-electron chi connectivity index (χ4n) is 3.31. The summed E-state index contributed by atoms with van der Waals surface area (Å²) < 4.78 is 5.67. The van der Waals surface area contributed by atoms with E-state index in [1.165, 1.54) is 6.42 Å². The standard InChI is InChI=1S/C15H28N2O3/c1-12-8-17(9-13(2)20-12)15(19)10-16-7-5-3-4-6-14(16)11-18/h12-14,18H,3-11H2,1-2H3. The molecule has 2 aliphatic heterocycles.